The minimum absolute atomic E-state index is 0.0757. The van der Waals surface area contributed by atoms with Crippen LogP contribution in [0.2, 0.25) is 0 Å². The molecule has 1 rings (SSSR count). The molecule has 0 aromatic carbocycles. The predicted molar refractivity (Wildman–Crippen MR) is 54.7 cm³/mol. The quantitative estimate of drug-likeness (QED) is 0.771. The first kappa shape index (κ1) is 10.6. The van der Waals surface area contributed by atoms with Gasteiger partial charge in [0.2, 0.25) is 0 Å². The van der Waals surface area contributed by atoms with Crippen molar-refractivity contribution < 1.29 is 5.11 Å². The number of nitrogens with two attached hydrogens (primary N) is 1. The number of aliphatic hydroxyl groups excluding tert-OH is 1. The minimum Gasteiger partial charge on any atom is -0.386 e. The summed E-state index contributed by atoms with van der Waals surface area (Å²) in [6.45, 7) is 4.47. The Hall–Kier alpha value is -0.450. The molecular weight excluding hydrogens is 184 g/mol. The summed E-state index contributed by atoms with van der Waals surface area (Å²) >= 11 is 1.59. The van der Waals surface area contributed by atoms with Gasteiger partial charge in [-0.15, -0.1) is 11.3 Å². The summed E-state index contributed by atoms with van der Waals surface area (Å²) in [5, 5.41) is 12.7. The summed E-state index contributed by atoms with van der Waals surface area (Å²) in [5.74, 6) is 0.0757. The second-order valence-electron chi connectivity index (χ2n) is 3.18. The van der Waals surface area contributed by atoms with Crippen molar-refractivity contribution in [2.75, 3.05) is 6.54 Å². The molecule has 1 heterocycles. The van der Waals surface area contributed by atoms with E-state index in [1.54, 1.807) is 11.3 Å². The first-order chi connectivity index (χ1) is 6.19. The molecule has 74 valence electrons. The van der Waals surface area contributed by atoms with Gasteiger partial charge in [-0.1, -0.05) is 13.8 Å². The largest absolute Gasteiger partial charge is 0.386 e. The lowest BCUT2D eigenvalue weighted by molar-refractivity contribution is 0.118. The van der Waals surface area contributed by atoms with E-state index in [1.165, 1.54) is 0 Å². The van der Waals surface area contributed by atoms with Crippen molar-refractivity contribution in [1.82, 2.24) is 4.98 Å². The molecule has 3 nitrogen and oxygen atoms in total. The van der Waals surface area contributed by atoms with Gasteiger partial charge in [-0.25, -0.2) is 4.98 Å². The monoisotopic (exact) mass is 200 g/mol. The maximum Gasteiger partial charge on any atom is 0.101 e. The van der Waals surface area contributed by atoms with E-state index in [9.17, 15) is 5.11 Å². The normalized spacial score (nSPS) is 15.7. The van der Waals surface area contributed by atoms with Gasteiger partial charge in [0.05, 0.1) is 10.7 Å². The number of hydrogen-bond donors (Lipinski definition) is 2. The van der Waals surface area contributed by atoms with E-state index >= 15 is 0 Å². The van der Waals surface area contributed by atoms with E-state index in [1.807, 2.05) is 12.3 Å². The van der Waals surface area contributed by atoms with Crippen LogP contribution >= 0.6 is 11.3 Å². The molecule has 0 spiro atoms. The Balaban J connectivity index is 2.70. The molecule has 0 aliphatic rings. The fourth-order valence-corrected chi connectivity index (χ4v) is 1.82. The maximum absolute atomic E-state index is 9.76. The minimum atomic E-state index is -0.512. The smallest absolute Gasteiger partial charge is 0.101 e. The van der Waals surface area contributed by atoms with Crippen LogP contribution in [0.3, 0.4) is 0 Å². The molecule has 3 N–H and O–H groups in total. The third-order valence-electron chi connectivity index (χ3n) is 2.09. The molecule has 0 saturated carbocycles. The van der Waals surface area contributed by atoms with Crippen LogP contribution in [0.5, 0.6) is 0 Å². The number of hydrogen-bond acceptors (Lipinski definition) is 4. The van der Waals surface area contributed by atoms with Gasteiger partial charge in [-0.2, -0.15) is 0 Å². The zero-order chi connectivity index (χ0) is 9.84. The Labute approximate surface area is 82.6 Å². The highest BCUT2D eigenvalue weighted by Crippen LogP contribution is 2.22. The molecule has 2 unspecified atom stereocenters. The summed E-state index contributed by atoms with van der Waals surface area (Å²) in [5.41, 5.74) is 6.23. The van der Waals surface area contributed by atoms with Crippen LogP contribution in [0, 0.1) is 5.92 Å². The fourth-order valence-electron chi connectivity index (χ4n) is 1.04. The van der Waals surface area contributed by atoms with Crippen molar-refractivity contribution in [1.29, 1.82) is 0 Å². The van der Waals surface area contributed by atoms with Gasteiger partial charge in [0.1, 0.15) is 6.10 Å². The van der Waals surface area contributed by atoms with Gasteiger partial charge in [0.25, 0.3) is 0 Å². The van der Waals surface area contributed by atoms with Crippen molar-refractivity contribution >= 4 is 11.3 Å². The van der Waals surface area contributed by atoms with Crippen LogP contribution in [0.25, 0.3) is 0 Å². The molecule has 0 aliphatic heterocycles. The summed E-state index contributed by atoms with van der Waals surface area (Å²) < 4.78 is 0. The van der Waals surface area contributed by atoms with Crippen molar-refractivity contribution in [2.24, 2.45) is 11.7 Å². The third-order valence-corrected chi connectivity index (χ3v) is 3.10. The summed E-state index contributed by atoms with van der Waals surface area (Å²) in [6.07, 6.45) is 0.413. The highest BCUT2D eigenvalue weighted by molar-refractivity contribution is 7.09. The first-order valence-electron chi connectivity index (χ1n) is 4.51. The number of aryl methyl sites for hydroxylation is 1. The van der Waals surface area contributed by atoms with Gasteiger partial charge in [0, 0.05) is 5.38 Å². The van der Waals surface area contributed by atoms with E-state index in [0.29, 0.717) is 6.54 Å². The van der Waals surface area contributed by atoms with Gasteiger partial charge in [0.15, 0.2) is 0 Å². The SMILES string of the molecule is CCc1nc(C(O)C(C)CN)cs1. The van der Waals surface area contributed by atoms with Crippen LogP contribution in [-0.4, -0.2) is 16.6 Å². The number of thiazole rings is 1. The lowest BCUT2D eigenvalue weighted by Gasteiger charge is -2.14. The summed E-state index contributed by atoms with van der Waals surface area (Å²) in [4.78, 5) is 4.31. The lowest BCUT2D eigenvalue weighted by Crippen LogP contribution is -2.19. The van der Waals surface area contributed by atoms with Crippen LogP contribution in [-0.2, 0) is 6.42 Å². The molecule has 13 heavy (non-hydrogen) atoms. The van der Waals surface area contributed by atoms with E-state index in [2.05, 4.69) is 11.9 Å². The average Bonchev–Trinajstić information content (AvgIpc) is 2.63. The van der Waals surface area contributed by atoms with Crippen molar-refractivity contribution in [3.63, 3.8) is 0 Å². The van der Waals surface area contributed by atoms with E-state index < -0.39 is 6.10 Å². The maximum atomic E-state index is 9.76. The molecule has 0 radical (unpaired) electrons. The van der Waals surface area contributed by atoms with Crippen LogP contribution in [0.15, 0.2) is 5.38 Å². The third kappa shape index (κ3) is 2.49. The summed E-state index contributed by atoms with van der Waals surface area (Å²) in [6, 6.07) is 0. The van der Waals surface area contributed by atoms with Gasteiger partial charge >= 0.3 is 0 Å². The highest BCUT2D eigenvalue weighted by Gasteiger charge is 2.17. The zero-order valence-corrected chi connectivity index (χ0v) is 8.84. The second-order valence-corrected chi connectivity index (χ2v) is 4.12. The predicted octanol–water partition coefficient (Wildman–Crippen LogP) is 1.33. The molecule has 1 aromatic heterocycles. The Morgan fingerprint density at radius 2 is 2.38 bits per heavy atom. The van der Waals surface area contributed by atoms with Gasteiger partial charge in [-0.05, 0) is 18.9 Å². The molecule has 1 aromatic rings. The topological polar surface area (TPSA) is 59.1 Å². The highest BCUT2D eigenvalue weighted by atomic mass is 32.1. The van der Waals surface area contributed by atoms with E-state index in [-0.39, 0.29) is 5.92 Å². The summed E-state index contributed by atoms with van der Waals surface area (Å²) in [7, 11) is 0. The molecule has 0 bridgehead atoms. The van der Waals surface area contributed by atoms with Crippen LogP contribution < -0.4 is 5.73 Å². The van der Waals surface area contributed by atoms with Crippen molar-refractivity contribution in [2.45, 2.75) is 26.4 Å². The van der Waals surface area contributed by atoms with Gasteiger partial charge < -0.3 is 10.8 Å². The molecule has 0 saturated heterocycles. The first-order valence-corrected chi connectivity index (χ1v) is 5.39. The van der Waals surface area contributed by atoms with Crippen molar-refractivity contribution in [3.05, 3.63) is 16.1 Å². The molecular formula is C9H16N2OS. The second kappa shape index (κ2) is 4.69. The standard InChI is InChI=1S/C9H16N2OS/c1-3-8-11-7(5-13-8)9(12)6(2)4-10/h5-6,9,12H,3-4,10H2,1-2H3. The van der Waals surface area contributed by atoms with E-state index in [0.717, 1.165) is 17.1 Å². The number of nitrogens with zero attached hydrogens (tertiary/aromatic N) is 1. The Bertz CT molecular complexity index is 262. The number of aromatic nitrogens is 1. The Kier molecular flexibility index (Phi) is 3.84. The molecule has 4 heteroatoms. The zero-order valence-electron chi connectivity index (χ0n) is 8.03. The van der Waals surface area contributed by atoms with Crippen LogP contribution in [0.4, 0.5) is 0 Å². The van der Waals surface area contributed by atoms with Gasteiger partial charge in [-0.3, -0.25) is 0 Å². The number of rotatable bonds is 4. The molecule has 0 aliphatic carbocycles. The number of aliphatic hydroxyl groups is 1. The van der Waals surface area contributed by atoms with Crippen LogP contribution in [0.1, 0.15) is 30.7 Å². The molecule has 2 atom stereocenters. The lowest BCUT2D eigenvalue weighted by atomic mass is 10.0. The van der Waals surface area contributed by atoms with E-state index in [4.69, 9.17) is 5.73 Å². The van der Waals surface area contributed by atoms with Crippen molar-refractivity contribution in [3.8, 4) is 0 Å². The molecule has 0 amide bonds. The molecule has 0 fully saturated rings. The average molecular weight is 200 g/mol. The fraction of sp³-hybridized carbons (Fsp3) is 0.667. The Morgan fingerprint density at radius 3 is 2.85 bits per heavy atom. The Morgan fingerprint density at radius 1 is 1.69 bits per heavy atom.